The molecule has 0 saturated heterocycles. The molecule has 0 unspecified atom stereocenters. The van der Waals surface area contributed by atoms with Gasteiger partial charge in [0.15, 0.2) is 5.78 Å². The van der Waals surface area contributed by atoms with Crippen molar-refractivity contribution < 1.29 is 9.53 Å². The summed E-state index contributed by atoms with van der Waals surface area (Å²) in [5, 5.41) is 0. The number of methoxy groups -OCH3 is 1. The van der Waals surface area contributed by atoms with Crippen molar-refractivity contribution in [1.29, 1.82) is 0 Å². The number of carbonyl (C=O) groups is 1. The molecule has 0 bridgehead atoms. The summed E-state index contributed by atoms with van der Waals surface area (Å²) in [6.07, 6.45) is 0. The highest BCUT2D eigenvalue weighted by Crippen LogP contribution is 2.30. The van der Waals surface area contributed by atoms with Crippen LogP contribution in [0.3, 0.4) is 0 Å². The zero-order valence-corrected chi connectivity index (χ0v) is 11.6. The van der Waals surface area contributed by atoms with E-state index in [0.29, 0.717) is 11.3 Å². The van der Waals surface area contributed by atoms with Gasteiger partial charge in [0.05, 0.1) is 18.4 Å². The Bertz CT molecular complexity index is 452. The first-order chi connectivity index (χ1) is 8.51. The summed E-state index contributed by atoms with van der Waals surface area (Å²) in [7, 11) is 1.58. The van der Waals surface area contributed by atoms with Crippen molar-refractivity contribution in [3.8, 4) is 5.75 Å². The molecule has 0 aromatic heterocycles. The first-order valence-electron chi connectivity index (χ1n) is 6.08. The van der Waals surface area contributed by atoms with Crippen LogP contribution in [0.4, 0.5) is 5.69 Å². The van der Waals surface area contributed by atoms with Crippen LogP contribution >= 0.6 is 0 Å². The molecule has 0 radical (unpaired) electrons. The molecule has 0 spiro atoms. The van der Waals surface area contributed by atoms with E-state index < -0.39 is 0 Å². The van der Waals surface area contributed by atoms with Crippen LogP contribution in [0.1, 0.15) is 31.1 Å². The summed E-state index contributed by atoms with van der Waals surface area (Å²) in [5.74, 6) is 0.641. The molecule has 0 aliphatic heterocycles. The van der Waals surface area contributed by atoms with Crippen molar-refractivity contribution in [2.75, 3.05) is 25.1 Å². The largest absolute Gasteiger partial charge is 0.496 e. The van der Waals surface area contributed by atoms with Gasteiger partial charge in [-0.25, -0.2) is 0 Å². The van der Waals surface area contributed by atoms with E-state index in [9.17, 15) is 4.79 Å². The average Bonchev–Trinajstić information content (AvgIpc) is 2.34. The maximum absolute atomic E-state index is 11.8. The fourth-order valence-corrected chi connectivity index (χ4v) is 2.00. The minimum absolute atomic E-state index is 0.0163. The number of nitrogens with zero attached hydrogens (tertiary/aromatic N) is 1. The van der Waals surface area contributed by atoms with Crippen molar-refractivity contribution in [3.63, 3.8) is 0 Å². The van der Waals surface area contributed by atoms with Crippen LogP contribution < -0.4 is 9.64 Å². The summed E-state index contributed by atoms with van der Waals surface area (Å²) < 4.78 is 5.28. The summed E-state index contributed by atoms with van der Waals surface area (Å²) in [6.45, 7) is 11.1. The van der Waals surface area contributed by atoms with Gasteiger partial charge in [-0.15, -0.1) is 0 Å². The average molecular weight is 247 g/mol. The van der Waals surface area contributed by atoms with E-state index in [1.807, 2.05) is 25.1 Å². The van der Waals surface area contributed by atoms with Crippen LogP contribution in [-0.4, -0.2) is 26.0 Å². The number of likely N-dealkylation sites (N-methyl/N-ethyl adjacent to an activating group) is 1. The molecule has 18 heavy (non-hydrogen) atoms. The fourth-order valence-electron chi connectivity index (χ4n) is 2.00. The standard InChI is InChI=1S/C15H21NO2/c1-6-16(10-11(2)3)13-8-7-9-14(18-5)15(13)12(4)17/h7-9H,2,6,10H2,1,3-5H3. The van der Waals surface area contributed by atoms with Crippen molar-refractivity contribution in [1.82, 2.24) is 0 Å². The Morgan fingerprint density at radius 1 is 1.39 bits per heavy atom. The molecular weight excluding hydrogens is 226 g/mol. The summed E-state index contributed by atoms with van der Waals surface area (Å²) in [4.78, 5) is 13.9. The van der Waals surface area contributed by atoms with Gasteiger partial charge in [0, 0.05) is 13.1 Å². The van der Waals surface area contributed by atoms with Gasteiger partial charge in [0.25, 0.3) is 0 Å². The van der Waals surface area contributed by atoms with E-state index >= 15 is 0 Å². The topological polar surface area (TPSA) is 29.5 Å². The highest BCUT2D eigenvalue weighted by atomic mass is 16.5. The predicted molar refractivity (Wildman–Crippen MR) is 75.7 cm³/mol. The fraction of sp³-hybridized carbons (Fsp3) is 0.400. The van der Waals surface area contributed by atoms with Gasteiger partial charge in [0.2, 0.25) is 0 Å². The number of hydrogen-bond donors (Lipinski definition) is 0. The lowest BCUT2D eigenvalue weighted by Gasteiger charge is -2.26. The molecule has 1 aromatic rings. The Kier molecular flexibility index (Phi) is 4.95. The quantitative estimate of drug-likeness (QED) is 0.570. The van der Waals surface area contributed by atoms with Crippen molar-refractivity contribution >= 4 is 11.5 Å². The van der Waals surface area contributed by atoms with E-state index in [1.165, 1.54) is 0 Å². The highest BCUT2D eigenvalue weighted by molar-refractivity contribution is 6.02. The SMILES string of the molecule is C=C(C)CN(CC)c1cccc(OC)c1C(C)=O. The number of ether oxygens (including phenoxy) is 1. The van der Waals surface area contributed by atoms with Crippen LogP contribution in [0, 0.1) is 0 Å². The van der Waals surface area contributed by atoms with E-state index in [0.717, 1.165) is 24.4 Å². The second-order valence-electron chi connectivity index (χ2n) is 4.38. The molecule has 1 aromatic carbocycles. The Balaban J connectivity index is 3.28. The molecule has 0 N–H and O–H groups in total. The van der Waals surface area contributed by atoms with Gasteiger partial charge in [-0.2, -0.15) is 0 Å². The lowest BCUT2D eigenvalue weighted by Crippen LogP contribution is -2.26. The third kappa shape index (κ3) is 3.13. The van der Waals surface area contributed by atoms with Crippen LogP contribution in [0.5, 0.6) is 5.75 Å². The zero-order chi connectivity index (χ0) is 13.7. The molecular formula is C15H21NO2. The molecule has 1 rings (SSSR count). The van der Waals surface area contributed by atoms with Crippen molar-refractivity contribution in [3.05, 3.63) is 35.9 Å². The second-order valence-corrected chi connectivity index (χ2v) is 4.38. The van der Waals surface area contributed by atoms with E-state index in [4.69, 9.17) is 4.74 Å². The Morgan fingerprint density at radius 2 is 2.06 bits per heavy atom. The van der Waals surface area contributed by atoms with Gasteiger partial charge >= 0.3 is 0 Å². The highest BCUT2D eigenvalue weighted by Gasteiger charge is 2.17. The monoisotopic (exact) mass is 247 g/mol. The lowest BCUT2D eigenvalue weighted by atomic mass is 10.1. The molecule has 0 saturated carbocycles. The van der Waals surface area contributed by atoms with E-state index in [2.05, 4.69) is 18.4 Å². The van der Waals surface area contributed by atoms with E-state index in [-0.39, 0.29) is 5.78 Å². The molecule has 0 aliphatic rings. The minimum atomic E-state index is 0.0163. The third-order valence-corrected chi connectivity index (χ3v) is 2.76. The predicted octanol–water partition coefficient (Wildman–Crippen LogP) is 3.30. The minimum Gasteiger partial charge on any atom is -0.496 e. The van der Waals surface area contributed by atoms with Gasteiger partial charge < -0.3 is 9.64 Å². The van der Waals surface area contributed by atoms with Gasteiger partial charge in [0.1, 0.15) is 5.75 Å². The maximum Gasteiger partial charge on any atom is 0.165 e. The van der Waals surface area contributed by atoms with Crippen LogP contribution in [0.2, 0.25) is 0 Å². The normalized spacial score (nSPS) is 10.0. The van der Waals surface area contributed by atoms with Crippen LogP contribution in [0.15, 0.2) is 30.4 Å². The van der Waals surface area contributed by atoms with Crippen LogP contribution in [-0.2, 0) is 0 Å². The summed E-state index contributed by atoms with van der Waals surface area (Å²) >= 11 is 0. The molecule has 0 heterocycles. The molecule has 0 fully saturated rings. The Hall–Kier alpha value is -1.77. The molecule has 0 atom stereocenters. The van der Waals surface area contributed by atoms with Crippen LogP contribution in [0.25, 0.3) is 0 Å². The van der Waals surface area contributed by atoms with Gasteiger partial charge in [-0.3, -0.25) is 4.79 Å². The molecule has 98 valence electrons. The maximum atomic E-state index is 11.8. The summed E-state index contributed by atoms with van der Waals surface area (Å²) in [5.41, 5.74) is 2.62. The molecule has 3 heteroatoms. The summed E-state index contributed by atoms with van der Waals surface area (Å²) in [6, 6.07) is 5.67. The number of Topliss-reactive ketones (excluding diaryl/α,β-unsaturated/α-hetero) is 1. The number of benzene rings is 1. The first-order valence-corrected chi connectivity index (χ1v) is 6.08. The van der Waals surface area contributed by atoms with Gasteiger partial charge in [-0.05, 0) is 32.9 Å². The first kappa shape index (κ1) is 14.3. The molecule has 3 nitrogen and oxygen atoms in total. The molecule has 0 amide bonds. The smallest absolute Gasteiger partial charge is 0.165 e. The van der Waals surface area contributed by atoms with Gasteiger partial charge in [-0.1, -0.05) is 18.2 Å². The van der Waals surface area contributed by atoms with E-state index in [1.54, 1.807) is 14.0 Å². The Morgan fingerprint density at radius 3 is 2.50 bits per heavy atom. The molecule has 0 aliphatic carbocycles. The number of hydrogen-bond acceptors (Lipinski definition) is 3. The number of carbonyl (C=O) groups excluding carboxylic acids is 1. The number of ketones is 1. The lowest BCUT2D eigenvalue weighted by molar-refractivity contribution is 0.101. The Labute approximate surface area is 109 Å². The zero-order valence-electron chi connectivity index (χ0n) is 11.6. The third-order valence-electron chi connectivity index (χ3n) is 2.76. The number of anilines is 1. The second kappa shape index (κ2) is 6.24. The van der Waals surface area contributed by atoms with Crippen molar-refractivity contribution in [2.45, 2.75) is 20.8 Å². The van der Waals surface area contributed by atoms with Crippen molar-refractivity contribution in [2.24, 2.45) is 0 Å². The number of rotatable bonds is 6.